The van der Waals surface area contributed by atoms with Crippen molar-refractivity contribution in [2.45, 2.75) is 98.2 Å². The SMILES string of the molecule is CN(C)[P+](=C(Pc1c(C(C)(C)C)cc(C(C)(C)C)cc1C(C)(C)C)[Si](C)(C)C)N(C)C. The molecule has 0 N–H and O–H groups in total. The fourth-order valence-electron chi connectivity index (χ4n) is 3.81. The molecular weight excluding hydrogens is 430 g/mol. The molecule has 0 aliphatic rings. The molecule has 0 heterocycles. The molecule has 1 aromatic rings. The molecule has 1 rings (SSSR count). The van der Waals surface area contributed by atoms with Crippen molar-refractivity contribution in [1.82, 2.24) is 9.34 Å². The monoisotopic (exact) mass is 481 g/mol. The van der Waals surface area contributed by atoms with Crippen LogP contribution in [0.2, 0.25) is 19.6 Å². The Bertz CT molecular complexity index is 767. The minimum atomic E-state index is -1.50. The van der Waals surface area contributed by atoms with Crippen LogP contribution in [-0.2, 0) is 16.2 Å². The number of nitrogens with zero attached hydrogens (tertiary/aromatic N) is 2. The van der Waals surface area contributed by atoms with Crippen molar-refractivity contribution in [2.75, 3.05) is 28.2 Å². The first-order valence-electron chi connectivity index (χ1n) is 11.6. The van der Waals surface area contributed by atoms with Gasteiger partial charge < -0.3 is 0 Å². The van der Waals surface area contributed by atoms with Crippen LogP contribution in [-0.4, -0.2) is 50.3 Å². The Hall–Kier alpha value is -0.0431. The average molecular weight is 482 g/mol. The van der Waals surface area contributed by atoms with Crippen molar-refractivity contribution in [2.24, 2.45) is 0 Å². The van der Waals surface area contributed by atoms with Gasteiger partial charge in [0.2, 0.25) is 0 Å². The predicted octanol–water partition coefficient (Wildman–Crippen LogP) is 7.33. The summed E-state index contributed by atoms with van der Waals surface area (Å²) < 4.78 is 6.73. The fraction of sp³-hybridized carbons (Fsp3) is 0.731. The van der Waals surface area contributed by atoms with E-state index in [0.29, 0.717) is 0 Å². The summed E-state index contributed by atoms with van der Waals surface area (Å²) in [7, 11) is 7.87. The van der Waals surface area contributed by atoms with Crippen molar-refractivity contribution >= 4 is 34.5 Å². The van der Waals surface area contributed by atoms with Crippen molar-refractivity contribution < 1.29 is 0 Å². The molecule has 178 valence electrons. The van der Waals surface area contributed by atoms with Gasteiger partial charge in [-0.2, -0.15) is 0 Å². The Morgan fingerprint density at radius 3 is 1.29 bits per heavy atom. The van der Waals surface area contributed by atoms with Crippen LogP contribution in [0.5, 0.6) is 0 Å². The van der Waals surface area contributed by atoms with Crippen LogP contribution in [0, 0.1) is 0 Å². The minimum Gasteiger partial charge on any atom is -0.121 e. The molecule has 0 aliphatic carbocycles. The Kier molecular flexibility index (Phi) is 9.05. The van der Waals surface area contributed by atoms with E-state index in [9.17, 15) is 0 Å². The smallest absolute Gasteiger partial charge is 0.121 e. The topological polar surface area (TPSA) is 6.48 Å². The highest BCUT2D eigenvalue weighted by Crippen LogP contribution is 2.44. The van der Waals surface area contributed by atoms with Crippen LogP contribution in [0.3, 0.4) is 0 Å². The van der Waals surface area contributed by atoms with Crippen LogP contribution in [0.1, 0.15) is 79.0 Å². The lowest BCUT2D eigenvalue weighted by molar-refractivity contribution is 0.554. The molecule has 0 spiro atoms. The van der Waals surface area contributed by atoms with Gasteiger partial charge in [0, 0.05) is 28.2 Å². The molecule has 31 heavy (non-hydrogen) atoms. The van der Waals surface area contributed by atoms with Gasteiger partial charge in [-0.05, 0) is 46.8 Å². The second kappa shape index (κ2) is 9.67. The maximum Gasteiger partial charge on any atom is 0.278 e. The standard InChI is InChI=1S/C26H51N2P2Si/c1-24(2,3)19-17-20(25(4,5)6)22(21(18-19)26(7,8)9)29-23(31(14,15)16)30(27(10)11)28(12)13/h17-18,29H,1-16H3/q+1. The van der Waals surface area contributed by atoms with Crippen molar-refractivity contribution in [3.05, 3.63) is 28.8 Å². The third-order valence-electron chi connectivity index (χ3n) is 5.53. The molecule has 0 saturated heterocycles. The van der Waals surface area contributed by atoms with E-state index in [1.54, 1.807) is 21.1 Å². The lowest BCUT2D eigenvalue weighted by atomic mass is 9.75. The van der Waals surface area contributed by atoms with Gasteiger partial charge in [0.05, 0.1) is 0 Å². The number of rotatable bonds is 5. The molecule has 5 heteroatoms. The molecule has 0 saturated carbocycles. The van der Waals surface area contributed by atoms with Crippen molar-refractivity contribution in [1.29, 1.82) is 0 Å². The maximum absolute atomic E-state index is 2.54. The van der Waals surface area contributed by atoms with Gasteiger partial charge >= 0.3 is 0 Å². The van der Waals surface area contributed by atoms with Gasteiger partial charge in [0.25, 0.3) is 7.85 Å². The molecule has 1 aromatic carbocycles. The molecule has 0 bridgehead atoms. The van der Waals surface area contributed by atoms with E-state index in [-0.39, 0.29) is 16.2 Å². The zero-order valence-corrected chi connectivity index (χ0v) is 26.4. The van der Waals surface area contributed by atoms with Crippen LogP contribution in [0.25, 0.3) is 0 Å². The van der Waals surface area contributed by atoms with E-state index in [2.05, 4.69) is 132 Å². The van der Waals surface area contributed by atoms with Gasteiger partial charge in [-0.25, -0.2) is 0 Å². The van der Waals surface area contributed by atoms with Crippen LogP contribution in [0.15, 0.2) is 12.1 Å². The molecule has 1 unspecified atom stereocenters. The molecule has 0 aromatic heterocycles. The summed E-state index contributed by atoms with van der Waals surface area (Å²) in [4.78, 5) is 0. The average Bonchev–Trinajstić information content (AvgIpc) is 2.49. The third kappa shape index (κ3) is 7.48. The van der Waals surface area contributed by atoms with Gasteiger partial charge in [0.1, 0.15) is 12.7 Å². The summed E-state index contributed by atoms with van der Waals surface area (Å²) in [6.45, 7) is 29.0. The Morgan fingerprint density at radius 2 is 1.06 bits per heavy atom. The first-order valence-corrected chi connectivity index (χ1v) is 17.3. The summed E-state index contributed by atoms with van der Waals surface area (Å²) in [5.41, 5.74) is 4.94. The van der Waals surface area contributed by atoms with Gasteiger partial charge in [-0.15, -0.1) is 9.34 Å². The normalized spacial score (nSPS) is 14.3. The van der Waals surface area contributed by atoms with Gasteiger partial charge in [-0.3, -0.25) is 0 Å². The summed E-state index contributed by atoms with van der Waals surface area (Å²) >= 11 is 0. The predicted molar refractivity (Wildman–Crippen MR) is 153 cm³/mol. The first kappa shape index (κ1) is 29.0. The van der Waals surface area contributed by atoms with Crippen molar-refractivity contribution in [3.8, 4) is 0 Å². The molecule has 0 radical (unpaired) electrons. The third-order valence-corrected chi connectivity index (χ3v) is 16.1. The Balaban J connectivity index is 4.10. The second-order valence-corrected chi connectivity index (χ2v) is 23.6. The number of benzene rings is 1. The Morgan fingerprint density at radius 1 is 0.710 bits per heavy atom. The molecule has 0 aliphatic heterocycles. The van der Waals surface area contributed by atoms with Crippen LogP contribution in [0.4, 0.5) is 0 Å². The summed E-state index contributed by atoms with van der Waals surface area (Å²) in [5.74, 6) is 0. The van der Waals surface area contributed by atoms with Crippen molar-refractivity contribution in [3.63, 3.8) is 0 Å². The van der Waals surface area contributed by atoms with E-state index >= 15 is 0 Å². The van der Waals surface area contributed by atoms with Crippen LogP contribution >= 0.6 is 16.4 Å². The lowest BCUT2D eigenvalue weighted by Gasteiger charge is -2.34. The van der Waals surface area contributed by atoms with E-state index in [0.717, 1.165) is 8.58 Å². The van der Waals surface area contributed by atoms with E-state index in [1.165, 1.54) is 5.56 Å². The molecular formula is C26H51N2P2Si+. The number of hydrogen-bond donors (Lipinski definition) is 0. The highest BCUT2D eigenvalue weighted by atomic mass is 31.1. The van der Waals surface area contributed by atoms with Gasteiger partial charge in [0.15, 0.2) is 0 Å². The van der Waals surface area contributed by atoms with E-state index in [4.69, 9.17) is 0 Å². The molecule has 1 atom stereocenters. The second-order valence-electron chi connectivity index (χ2n) is 13.4. The zero-order chi connectivity index (χ0) is 24.7. The Labute approximate surface area is 198 Å². The highest BCUT2D eigenvalue weighted by Gasteiger charge is 2.39. The minimum absolute atomic E-state index is 0.118. The molecule has 2 nitrogen and oxygen atoms in total. The highest BCUT2D eigenvalue weighted by molar-refractivity contribution is 7.90. The fourth-order valence-corrected chi connectivity index (χ4v) is 14.1. The lowest BCUT2D eigenvalue weighted by Crippen LogP contribution is -2.37. The molecule has 0 amide bonds. The maximum atomic E-state index is 2.54. The van der Waals surface area contributed by atoms with E-state index < -0.39 is 15.9 Å². The zero-order valence-electron chi connectivity index (χ0n) is 23.5. The van der Waals surface area contributed by atoms with Crippen LogP contribution < -0.4 is 5.30 Å². The van der Waals surface area contributed by atoms with E-state index in [1.807, 2.05) is 0 Å². The van der Waals surface area contributed by atoms with Gasteiger partial charge in [-0.1, -0.05) is 94.1 Å². The summed E-state index contributed by atoms with van der Waals surface area (Å²) in [6.07, 6.45) is 0. The summed E-state index contributed by atoms with van der Waals surface area (Å²) in [5, 5.41) is 1.61. The molecule has 0 fully saturated rings. The first-order chi connectivity index (χ1) is 13.6. The summed E-state index contributed by atoms with van der Waals surface area (Å²) in [6, 6.07) is 5.07. The number of hydrogen-bond acceptors (Lipinski definition) is 2. The largest absolute Gasteiger partial charge is 0.278 e. The quantitative estimate of drug-likeness (QED) is 0.321.